The lowest BCUT2D eigenvalue weighted by atomic mass is 10.1. The second-order valence-corrected chi connectivity index (χ2v) is 14.8. The number of halogens is 5. The van der Waals surface area contributed by atoms with E-state index in [-0.39, 0.29) is 34.9 Å². The van der Waals surface area contributed by atoms with Crippen molar-refractivity contribution in [2.75, 3.05) is 117 Å². The number of rotatable bonds is 34. The molecule has 0 aromatic heterocycles. The Bertz CT molecular complexity index is 1850. The third-order valence-electron chi connectivity index (χ3n) is 8.04. The molecule has 3 aromatic carbocycles. The third-order valence-corrected chi connectivity index (χ3v) is 9.60. The van der Waals surface area contributed by atoms with Crippen molar-refractivity contribution >= 4 is 64.6 Å². The molecule has 0 aliphatic heterocycles. The number of amides is 2. The van der Waals surface area contributed by atoms with Crippen LogP contribution in [0.15, 0.2) is 65.8 Å². The Morgan fingerprint density at radius 1 is 0.667 bits per heavy atom. The highest BCUT2D eigenvalue weighted by Gasteiger charge is 2.33. The number of nitrogens with one attached hydrogen (secondary N) is 2. The molecule has 0 saturated carbocycles. The van der Waals surface area contributed by atoms with Crippen molar-refractivity contribution in [3.05, 3.63) is 98.5 Å². The first-order chi connectivity index (χ1) is 30.4. The van der Waals surface area contributed by atoms with Crippen molar-refractivity contribution in [2.45, 2.75) is 18.3 Å². The van der Waals surface area contributed by atoms with Crippen LogP contribution in [0.25, 0.3) is 0 Å². The van der Waals surface area contributed by atoms with Crippen LogP contribution < -0.4 is 10.7 Å². The number of carbonyl (C=O) groups is 3. The molecule has 2 amide bonds. The van der Waals surface area contributed by atoms with Gasteiger partial charge in [-0.3, -0.25) is 14.4 Å². The van der Waals surface area contributed by atoms with E-state index >= 15 is 0 Å². The number of ether oxygens (including phenoxy) is 8. The first-order valence-electron chi connectivity index (χ1n) is 19.8. The number of carboxylic acid groups (broad SMARTS) is 1. The van der Waals surface area contributed by atoms with E-state index in [9.17, 15) is 27.6 Å². The number of thioether (sulfide) groups is 1. The number of hydrazone groups is 1. The molecule has 63 heavy (non-hydrogen) atoms. The molecule has 0 saturated heterocycles. The fourth-order valence-corrected chi connectivity index (χ4v) is 6.18. The Labute approximate surface area is 378 Å². The first-order valence-corrected chi connectivity index (χ1v) is 21.7. The van der Waals surface area contributed by atoms with E-state index in [4.69, 9.17) is 66.2 Å². The highest BCUT2D eigenvalue weighted by Crippen LogP contribution is 2.35. The Morgan fingerprint density at radius 2 is 1.21 bits per heavy atom. The van der Waals surface area contributed by atoms with Gasteiger partial charge in [0.05, 0.1) is 140 Å². The molecule has 3 rings (SSSR count). The molecule has 0 atom stereocenters. The van der Waals surface area contributed by atoms with Crippen LogP contribution >= 0.6 is 35.0 Å². The number of aliphatic carboxylic acids is 1. The van der Waals surface area contributed by atoms with Gasteiger partial charge in [-0.15, -0.1) is 0 Å². The Balaban J connectivity index is 1.18. The molecule has 0 radical (unpaired) electrons. The lowest BCUT2D eigenvalue weighted by Gasteiger charge is -2.12. The average molecular weight is 951 g/mol. The van der Waals surface area contributed by atoms with Gasteiger partial charge in [0.2, 0.25) is 0 Å². The van der Waals surface area contributed by atoms with E-state index in [1.54, 1.807) is 30.0 Å². The van der Waals surface area contributed by atoms with Gasteiger partial charge in [-0.2, -0.15) is 30.0 Å². The molecule has 0 bridgehead atoms. The predicted molar refractivity (Wildman–Crippen MR) is 232 cm³/mol. The maximum absolute atomic E-state index is 13.2. The standard InChI is InChI=1S/C42H52Cl2F3N3O12S/c43-34-5-7-38(35(28-34)41(54)50-48-29-31-4-6-37(44)36(27-31)42(45,46)47)49-40(53)33-3-1-2-32(26-33)30-63-25-24-62-23-22-61-21-20-60-19-18-59-17-16-58-15-14-57-13-12-56-11-10-55-9-8-39(51)52/h1-7,26-29H,8-25,30H2,(H,49,53)(H,50,54)(H,51,52)/b48-29+. The first kappa shape index (κ1) is 53.5. The van der Waals surface area contributed by atoms with Crippen molar-refractivity contribution in [2.24, 2.45) is 5.10 Å². The van der Waals surface area contributed by atoms with Crippen LogP contribution in [-0.4, -0.2) is 141 Å². The van der Waals surface area contributed by atoms with Crippen LogP contribution in [0.4, 0.5) is 18.9 Å². The van der Waals surface area contributed by atoms with Gasteiger partial charge in [0.15, 0.2) is 0 Å². The van der Waals surface area contributed by atoms with E-state index in [1.165, 1.54) is 24.3 Å². The molecule has 3 N–H and O–H groups in total. The lowest BCUT2D eigenvalue weighted by molar-refractivity contribution is -0.138. The Kier molecular flexibility index (Phi) is 27.1. The van der Waals surface area contributed by atoms with Crippen LogP contribution in [-0.2, 0) is 54.6 Å². The summed E-state index contributed by atoms with van der Waals surface area (Å²) < 4.78 is 83.0. The number of hydrogen-bond acceptors (Lipinski definition) is 13. The van der Waals surface area contributed by atoms with Gasteiger partial charge in [-0.05, 0) is 53.6 Å². The molecule has 3 aromatic rings. The van der Waals surface area contributed by atoms with Gasteiger partial charge < -0.3 is 48.3 Å². The molecule has 0 aliphatic rings. The van der Waals surface area contributed by atoms with E-state index in [1.807, 2.05) is 6.07 Å². The van der Waals surface area contributed by atoms with Gasteiger partial charge >= 0.3 is 12.1 Å². The van der Waals surface area contributed by atoms with Crippen molar-refractivity contribution in [1.29, 1.82) is 0 Å². The highest BCUT2D eigenvalue weighted by molar-refractivity contribution is 7.98. The summed E-state index contributed by atoms with van der Waals surface area (Å²) in [6, 6.07) is 14.5. The maximum atomic E-state index is 13.2. The zero-order chi connectivity index (χ0) is 45.5. The van der Waals surface area contributed by atoms with Gasteiger partial charge in [-0.25, -0.2) is 5.43 Å². The Morgan fingerprint density at radius 3 is 1.75 bits per heavy atom. The molecule has 0 aliphatic carbocycles. The van der Waals surface area contributed by atoms with E-state index in [0.29, 0.717) is 110 Å². The topological polar surface area (TPSA) is 182 Å². The second-order valence-electron chi connectivity index (χ2n) is 12.9. The lowest BCUT2D eigenvalue weighted by Crippen LogP contribution is -2.21. The molecule has 0 fully saturated rings. The van der Waals surface area contributed by atoms with Gasteiger partial charge in [0, 0.05) is 22.1 Å². The van der Waals surface area contributed by atoms with Crippen molar-refractivity contribution in [3.63, 3.8) is 0 Å². The van der Waals surface area contributed by atoms with Gasteiger partial charge in [-0.1, -0.05) is 41.4 Å². The summed E-state index contributed by atoms with van der Waals surface area (Å²) in [7, 11) is 0. The Hall–Kier alpha value is -3.86. The second kappa shape index (κ2) is 31.9. The summed E-state index contributed by atoms with van der Waals surface area (Å²) in [5.41, 5.74) is 2.67. The fourth-order valence-electron chi connectivity index (χ4n) is 4.99. The average Bonchev–Trinajstić information content (AvgIpc) is 3.25. The summed E-state index contributed by atoms with van der Waals surface area (Å²) in [5, 5.41) is 14.7. The van der Waals surface area contributed by atoms with Crippen LogP contribution in [0.3, 0.4) is 0 Å². The normalized spacial score (nSPS) is 11.6. The number of carbonyl (C=O) groups excluding carboxylic acids is 2. The van der Waals surface area contributed by atoms with Crippen molar-refractivity contribution in [1.82, 2.24) is 5.43 Å². The third kappa shape index (κ3) is 24.1. The molecular formula is C42H52Cl2F3N3O12S. The van der Waals surface area contributed by atoms with Crippen molar-refractivity contribution < 1.29 is 70.6 Å². The summed E-state index contributed by atoms with van der Waals surface area (Å²) in [5.74, 6) is -0.766. The smallest absolute Gasteiger partial charge is 0.417 e. The van der Waals surface area contributed by atoms with E-state index in [0.717, 1.165) is 29.7 Å². The number of anilines is 1. The number of alkyl halides is 3. The van der Waals surface area contributed by atoms with Crippen LogP contribution in [0, 0.1) is 0 Å². The summed E-state index contributed by atoms with van der Waals surface area (Å²) in [4.78, 5) is 36.5. The number of hydrogen-bond donors (Lipinski definition) is 3. The summed E-state index contributed by atoms with van der Waals surface area (Å²) in [6.07, 6.45) is -3.65. The zero-order valence-corrected chi connectivity index (χ0v) is 36.8. The fraction of sp³-hybridized carbons (Fsp3) is 0.476. The molecule has 15 nitrogen and oxygen atoms in total. The molecular weight excluding hydrogens is 898 g/mol. The van der Waals surface area contributed by atoms with Crippen LogP contribution in [0.1, 0.15) is 43.8 Å². The molecule has 0 spiro atoms. The molecule has 21 heteroatoms. The largest absolute Gasteiger partial charge is 0.481 e. The van der Waals surface area contributed by atoms with Gasteiger partial charge in [0.25, 0.3) is 11.8 Å². The van der Waals surface area contributed by atoms with Crippen LogP contribution in [0.2, 0.25) is 10.0 Å². The van der Waals surface area contributed by atoms with Gasteiger partial charge in [0.1, 0.15) is 0 Å². The minimum Gasteiger partial charge on any atom is -0.481 e. The zero-order valence-electron chi connectivity index (χ0n) is 34.5. The predicted octanol–water partition coefficient (Wildman–Crippen LogP) is 6.87. The summed E-state index contributed by atoms with van der Waals surface area (Å²) in [6.45, 7) is 6.63. The van der Waals surface area contributed by atoms with E-state index < -0.39 is 34.5 Å². The summed E-state index contributed by atoms with van der Waals surface area (Å²) >= 11 is 13.4. The number of benzene rings is 3. The number of nitrogens with zero attached hydrogens (tertiary/aromatic N) is 1. The maximum Gasteiger partial charge on any atom is 0.417 e. The number of carboxylic acids is 1. The van der Waals surface area contributed by atoms with E-state index in [2.05, 4.69) is 15.8 Å². The molecule has 0 heterocycles. The van der Waals surface area contributed by atoms with Crippen molar-refractivity contribution in [3.8, 4) is 0 Å². The highest BCUT2D eigenvalue weighted by atomic mass is 35.5. The monoisotopic (exact) mass is 949 g/mol. The quantitative estimate of drug-likeness (QED) is 0.0321. The molecule has 348 valence electrons. The minimum absolute atomic E-state index is 0.0112. The minimum atomic E-state index is -4.66. The van der Waals surface area contributed by atoms with Crippen LogP contribution in [0.5, 0.6) is 0 Å². The molecule has 0 unspecified atom stereocenters. The SMILES string of the molecule is O=C(O)CCOCCOCCOCCOCCOCCOCCOCCOCCSCc1cccc(C(=O)Nc2ccc(Cl)cc2C(=O)N/N=C/c2ccc(Cl)c(C(F)(F)F)c2)c1.